The lowest BCUT2D eigenvalue weighted by atomic mass is 10.2. The number of carbonyl (C=O) groups is 1. The highest BCUT2D eigenvalue weighted by Gasteiger charge is 1.93. The smallest absolute Gasteiger partial charge is 0.303 e. The number of unbranched alkanes of at least 4 members (excludes halogenated alkanes) is 2. The van der Waals surface area contributed by atoms with Crippen LogP contribution in [-0.4, -0.2) is 11.1 Å². The summed E-state index contributed by atoms with van der Waals surface area (Å²) in [6, 6.07) is 0. The van der Waals surface area contributed by atoms with Crippen molar-refractivity contribution < 1.29 is 9.90 Å². The van der Waals surface area contributed by atoms with Gasteiger partial charge in [0.05, 0.1) is 0 Å². The molecule has 0 heterocycles. The van der Waals surface area contributed by atoms with Crippen LogP contribution in [-0.2, 0) is 4.79 Å². The predicted molar refractivity (Wildman–Crippen MR) is 91.4 cm³/mol. The number of hydrogen-bond donors (Lipinski definition) is 1. The molecule has 2 nitrogen and oxygen atoms in total. The first-order valence-electron chi connectivity index (χ1n) is 7.96. The number of carboxylic acids is 1. The highest BCUT2D eigenvalue weighted by Crippen LogP contribution is 2.02. The van der Waals surface area contributed by atoms with Crippen molar-refractivity contribution in [2.45, 2.75) is 58.8 Å². The zero-order chi connectivity index (χ0) is 15.8. The third kappa shape index (κ3) is 18.4. The Morgan fingerprint density at radius 1 is 0.857 bits per heavy atom. The molecule has 0 atom stereocenters. The second-order valence-corrected chi connectivity index (χ2v) is 5.43. The van der Waals surface area contributed by atoms with Gasteiger partial charge in [0.15, 0.2) is 0 Å². The standard InChI is InChI=1S/C19H30O2/c1-18(2)16-14-12-10-8-6-4-3-5-7-9-11-13-15-17-19(20)21/h3-4,7-10,14,16,18H,5-6,11-13,15,17H2,1-2H3,(H,20,21)/b4-3-,9-7-,10-8-,16-14-. The maximum atomic E-state index is 10.3. The van der Waals surface area contributed by atoms with Gasteiger partial charge in [-0.1, -0.05) is 62.5 Å². The van der Waals surface area contributed by atoms with Crippen molar-refractivity contribution >= 4 is 5.97 Å². The summed E-state index contributed by atoms with van der Waals surface area (Å²) in [4.78, 5) is 10.3. The van der Waals surface area contributed by atoms with Gasteiger partial charge in [-0.05, 0) is 44.4 Å². The molecule has 0 aromatic carbocycles. The SMILES string of the molecule is CC(C)/C=C\C/C=C\C/C=C\C/C=C\CCCCC(=O)O. The molecule has 0 aliphatic carbocycles. The summed E-state index contributed by atoms with van der Waals surface area (Å²) in [5, 5.41) is 8.49. The number of allylic oxidation sites excluding steroid dienone is 8. The van der Waals surface area contributed by atoms with E-state index in [0.29, 0.717) is 5.92 Å². The third-order valence-electron chi connectivity index (χ3n) is 2.85. The lowest BCUT2D eigenvalue weighted by Gasteiger charge is -1.92. The van der Waals surface area contributed by atoms with E-state index in [1.54, 1.807) is 0 Å². The molecule has 21 heavy (non-hydrogen) atoms. The molecule has 0 amide bonds. The molecule has 0 saturated heterocycles. The highest BCUT2D eigenvalue weighted by atomic mass is 16.4. The van der Waals surface area contributed by atoms with Gasteiger partial charge in [-0.3, -0.25) is 4.79 Å². The van der Waals surface area contributed by atoms with Crippen LogP contribution in [0.25, 0.3) is 0 Å². The summed E-state index contributed by atoms with van der Waals surface area (Å²) >= 11 is 0. The fraction of sp³-hybridized carbons (Fsp3) is 0.526. The van der Waals surface area contributed by atoms with Crippen molar-refractivity contribution in [1.82, 2.24) is 0 Å². The molecule has 0 aromatic heterocycles. The quantitative estimate of drug-likeness (QED) is 0.371. The molecule has 0 aliphatic heterocycles. The van der Waals surface area contributed by atoms with Crippen LogP contribution in [0.5, 0.6) is 0 Å². The monoisotopic (exact) mass is 290 g/mol. The van der Waals surface area contributed by atoms with Crippen LogP contribution in [0.4, 0.5) is 0 Å². The van der Waals surface area contributed by atoms with Gasteiger partial charge in [0, 0.05) is 6.42 Å². The molecule has 0 radical (unpaired) electrons. The molecule has 0 aromatic rings. The van der Waals surface area contributed by atoms with Crippen molar-refractivity contribution in [2.75, 3.05) is 0 Å². The molecule has 2 heteroatoms. The topological polar surface area (TPSA) is 37.3 Å². The molecule has 0 unspecified atom stereocenters. The maximum absolute atomic E-state index is 10.3. The van der Waals surface area contributed by atoms with Gasteiger partial charge in [-0.15, -0.1) is 0 Å². The van der Waals surface area contributed by atoms with E-state index in [4.69, 9.17) is 5.11 Å². The van der Waals surface area contributed by atoms with Crippen LogP contribution in [0, 0.1) is 5.92 Å². The lowest BCUT2D eigenvalue weighted by Crippen LogP contribution is -1.92. The van der Waals surface area contributed by atoms with E-state index < -0.39 is 5.97 Å². The van der Waals surface area contributed by atoms with Crippen LogP contribution in [0.2, 0.25) is 0 Å². The first kappa shape index (κ1) is 19.4. The van der Waals surface area contributed by atoms with E-state index in [0.717, 1.165) is 38.5 Å². The van der Waals surface area contributed by atoms with E-state index in [9.17, 15) is 4.79 Å². The Bertz CT molecular complexity index is 360. The number of aliphatic carboxylic acids is 1. The van der Waals surface area contributed by atoms with Gasteiger partial charge in [0.2, 0.25) is 0 Å². The van der Waals surface area contributed by atoms with Gasteiger partial charge >= 0.3 is 5.97 Å². The minimum absolute atomic E-state index is 0.284. The maximum Gasteiger partial charge on any atom is 0.303 e. The summed E-state index contributed by atoms with van der Waals surface area (Å²) in [5.41, 5.74) is 0. The Kier molecular flexibility index (Phi) is 13.7. The van der Waals surface area contributed by atoms with Crippen molar-refractivity contribution in [1.29, 1.82) is 0 Å². The third-order valence-corrected chi connectivity index (χ3v) is 2.85. The summed E-state index contributed by atoms with van der Waals surface area (Å²) in [7, 11) is 0. The van der Waals surface area contributed by atoms with Crippen LogP contribution >= 0.6 is 0 Å². The molecule has 1 N–H and O–H groups in total. The minimum atomic E-state index is -0.699. The van der Waals surface area contributed by atoms with Crippen LogP contribution in [0.1, 0.15) is 58.8 Å². The van der Waals surface area contributed by atoms with Gasteiger partial charge in [0.1, 0.15) is 0 Å². The van der Waals surface area contributed by atoms with Crippen molar-refractivity contribution in [3.05, 3.63) is 48.6 Å². The van der Waals surface area contributed by atoms with Crippen LogP contribution in [0.3, 0.4) is 0 Å². The molecular formula is C19H30O2. The minimum Gasteiger partial charge on any atom is -0.481 e. The fourth-order valence-corrected chi connectivity index (χ4v) is 1.72. The Labute approximate surface area is 130 Å². The average Bonchev–Trinajstić information content (AvgIpc) is 2.42. The number of hydrogen-bond acceptors (Lipinski definition) is 1. The van der Waals surface area contributed by atoms with E-state index in [1.807, 2.05) is 0 Å². The van der Waals surface area contributed by atoms with Gasteiger partial charge in [0.25, 0.3) is 0 Å². The zero-order valence-electron chi connectivity index (χ0n) is 13.5. The molecule has 0 rings (SSSR count). The van der Waals surface area contributed by atoms with E-state index >= 15 is 0 Å². The van der Waals surface area contributed by atoms with Gasteiger partial charge < -0.3 is 5.11 Å². The molecule has 0 aliphatic rings. The molecule has 118 valence electrons. The molecule has 0 fully saturated rings. The predicted octanol–water partition coefficient (Wildman–Crippen LogP) is 5.68. The van der Waals surface area contributed by atoms with Crippen LogP contribution < -0.4 is 0 Å². The van der Waals surface area contributed by atoms with Crippen molar-refractivity contribution in [2.24, 2.45) is 5.92 Å². The largest absolute Gasteiger partial charge is 0.481 e. The van der Waals surface area contributed by atoms with E-state index in [2.05, 4.69) is 62.5 Å². The summed E-state index contributed by atoms with van der Waals surface area (Å²) in [5.74, 6) is -0.0659. The summed E-state index contributed by atoms with van der Waals surface area (Å²) in [6.07, 6.45) is 23.4. The Morgan fingerprint density at radius 2 is 1.38 bits per heavy atom. The van der Waals surface area contributed by atoms with E-state index in [-0.39, 0.29) is 6.42 Å². The second-order valence-electron chi connectivity index (χ2n) is 5.43. The second kappa shape index (κ2) is 14.8. The number of rotatable bonds is 12. The molecule has 0 bridgehead atoms. The normalized spacial score (nSPS) is 12.7. The first-order chi connectivity index (χ1) is 10.1. The van der Waals surface area contributed by atoms with Gasteiger partial charge in [-0.2, -0.15) is 0 Å². The van der Waals surface area contributed by atoms with E-state index in [1.165, 1.54) is 0 Å². The van der Waals surface area contributed by atoms with Crippen molar-refractivity contribution in [3.63, 3.8) is 0 Å². The Hall–Kier alpha value is -1.57. The summed E-state index contributed by atoms with van der Waals surface area (Å²) < 4.78 is 0. The first-order valence-corrected chi connectivity index (χ1v) is 7.96. The fourth-order valence-electron chi connectivity index (χ4n) is 1.72. The molecular weight excluding hydrogens is 260 g/mol. The number of carboxylic acid groups (broad SMARTS) is 1. The summed E-state index contributed by atoms with van der Waals surface area (Å²) in [6.45, 7) is 4.37. The Morgan fingerprint density at radius 3 is 1.90 bits per heavy atom. The highest BCUT2D eigenvalue weighted by molar-refractivity contribution is 5.66. The van der Waals surface area contributed by atoms with Crippen molar-refractivity contribution in [3.8, 4) is 0 Å². The molecule has 0 spiro atoms. The average molecular weight is 290 g/mol. The van der Waals surface area contributed by atoms with Gasteiger partial charge in [-0.25, -0.2) is 0 Å². The zero-order valence-corrected chi connectivity index (χ0v) is 13.5. The molecule has 0 saturated carbocycles. The van der Waals surface area contributed by atoms with Crippen LogP contribution in [0.15, 0.2) is 48.6 Å². The lowest BCUT2D eigenvalue weighted by molar-refractivity contribution is -0.137. The Balaban J connectivity index is 3.43.